The van der Waals surface area contributed by atoms with Crippen molar-refractivity contribution < 1.29 is 13.3 Å². The smallest absolute Gasteiger partial charge is 0.340 e. The van der Waals surface area contributed by atoms with Crippen LogP contribution < -0.4 is 0 Å². The summed E-state index contributed by atoms with van der Waals surface area (Å²) in [7, 11) is -0.141. The Bertz CT molecular complexity index is 340. The molecule has 2 aliphatic rings. The van der Waals surface area contributed by atoms with Crippen LogP contribution >= 0.6 is 0 Å². The molecule has 1 fully saturated rings. The molecule has 19 heavy (non-hydrogen) atoms. The van der Waals surface area contributed by atoms with Crippen molar-refractivity contribution in [3.63, 3.8) is 0 Å². The fourth-order valence-corrected chi connectivity index (χ4v) is 14.5. The Kier molecular flexibility index (Phi) is 4.72. The topological polar surface area (TPSA) is 27.7 Å². The van der Waals surface area contributed by atoms with Gasteiger partial charge in [-0.1, -0.05) is 12.2 Å². The van der Waals surface area contributed by atoms with E-state index in [1.54, 1.807) is 0 Å². The Labute approximate surface area is 119 Å². The molecule has 3 atom stereocenters. The molecule has 1 saturated carbocycles. The van der Waals surface area contributed by atoms with Crippen molar-refractivity contribution in [2.24, 2.45) is 11.8 Å². The van der Waals surface area contributed by atoms with E-state index >= 15 is 0 Å². The van der Waals surface area contributed by atoms with Crippen LogP contribution in [0.15, 0.2) is 12.2 Å². The Morgan fingerprint density at radius 1 is 1.11 bits per heavy atom. The third-order valence-corrected chi connectivity index (χ3v) is 14.4. The van der Waals surface area contributed by atoms with Gasteiger partial charge in [-0.15, -0.1) is 0 Å². The minimum Gasteiger partial charge on any atom is -0.418 e. The van der Waals surface area contributed by atoms with Crippen LogP contribution in [0, 0.1) is 11.8 Å². The second-order valence-corrected chi connectivity index (χ2v) is 14.9. The molecule has 2 bridgehead atoms. The van der Waals surface area contributed by atoms with Crippen LogP contribution in [0.1, 0.15) is 19.8 Å². The molecule has 0 aromatic rings. The maximum atomic E-state index is 6.04. The monoisotopic (exact) mass is 300 g/mol. The van der Waals surface area contributed by atoms with E-state index in [0.29, 0.717) is 11.5 Å². The highest BCUT2D eigenvalue weighted by Gasteiger charge is 2.55. The van der Waals surface area contributed by atoms with Crippen LogP contribution in [0.4, 0.5) is 0 Å². The summed E-state index contributed by atoms with van der Waals surface area (Å²) in [6, 6.07) is 0. The summed E-state index contributed by atoms with van der Waals surface area (Å²) in [5.74, 6) is 1.45. The average Bonchev–Trinajstić information content (AvgIpc) is 2.98. The SMILES string of the molecule is CCO[Si](C)(C)C[Si](OC)(OC)C1CC2C=CC1C2. The van der Waals surface area contributed by atoms with E-state index in [4.69, 9.17) is 13.3 Å². The van der Waals surface area contributed by atoms with Gasteiger partial charge in [0, 0.05) is 32.0 Å². The minimum atomic E-state index is -2.15. The van der Waals surface area contributed by atoms with E-state index in [1.807, 2.05) is 14.2 Å². The highest BCUT2D eigenvalue weighted by Crippen LogP contribution is 2.53. The lowest BCUT2D eigenvalue weighted by Gasteiger charge is -2.40. The van der Waals surface area contributed by atoms with Crippen LogP contribution in [-0.4, -0.2) is 37.7 Å². The van der Waals surface area contributed by atoms with E-state index in [1.165, 1.54) is 12.8 Å². The quantitative estimate of drug-likeness (QED) is 0.532. The fraction of sp³-hybridized carbons (Fsp3) is 0.857. The third-order valence-electron chi connectivity index (χ3n) is 4.74. The zero-order valence-electron chi connectivity index (χ0n) is 12.9. The first-order valence-corrected chi connectivity index (χ1v) is 12.6. The van der Waals surface area contributed by atoms with Gasteiger partial charge < -0.3 is 13.3 Å². The second-order valence-electron chi connectivity index (χ2n) is 6.48. The number of allylic oxidation sites excluding steroid dienone is 2. The van der Waals surface area contributed by atoms with E-state index < -0.39 is 16.9 Å². The van der Waals surface area contributed by atoms with E-state index in [9.17, 15) is 0 Å². The molecule has 2 rings (SSSR count). The summed E-state index contributed by atoms with van der Waals surface area (Å²) < 4.78 is 18.1. The normalized spacial score (nSPS) is 30.3. The van der Waals surface area contributed by atoms with Crippen molar-refractivity contribution in [1.29, 1.82) is 0 Å². The molecule has 0 N–H and O–H groups in total. The first-order chi connectivity index (χ1) is 8.96. The average molecular weight is 301 g/mol. The van der Waals surface area contributed by atoms with Crippen LogP contribution in [0.3, 0.4) is 0 Å². The molecular weight excluding hydrogens is 272 g/mol. The van der Waals surface area contributed by atoms with Crippen LogP contribution in [0.2, 0.25) is 24.3 Å². The van der Waals surface area contributed by atoms with Crippen molar-refractivity contribution in [3.05, 3.63) is 12.2 Å². The van der Waals surface area contributed by atoms with Gasteiger partial charge >= 0.3 is 8.56 Å². The highest BCUT2D eigenvalue weighted by atomic mass is 28.4. The Balaban J connectivity index is 2.16. The number of hydrogen-bond donors (Lipinski definition) is 0. The van der Waals surface area contributed by atoms with Gasteiger partial charge in [-0.3, -0.25) is 0 Å². The van der Waals surface area contributed by atoms with Crippen molar-refractivity contribution in [2.75, 3.05) is 20.8 Å². The van der Waals surface area contributed by atoms with Gasteiger partial charge in [0.05, 0.1) is 0 Å². The lowest BCUT2D eigenvalue weighted by Crippen LogP contribution is -2.53. The zero-order chi connectivity index (χ0) is 14.1. The first kappa shape index (κ1) is 15.4. The Hall–Kier alpha value is 0.0538. The van der Waals surface area contributed by atoms with Gasteiger partial charge in [-0.05, 0) is 44.7 Å². The number of fused-ring (bicyclic) bond motifs is 2. The van der Waals surface area contributed by atoms with Gasteiger partial charge in [-0.2, -0.15) is 0 Å². The molecule has 0 aliphatic heterocycles. The predicted octanol–water partition coefficient (Wildman–Crippen LogP) is 3.47. The summed E-state index contributed by atoms with van der Waals surface area (Å²) >= 11 is 0. The molecule has 2 aliphatic carbocycles. The lowest BCUT2D eigenvalue weighted by atomic mass is 10.1. The molecule has 0 spiro atoms. The molecule has 0 heterocycles. The molecule has 3 nitrogen and oxygen atoms in total. The molecule has 110 valence electrons. The highest BCUT2D eigenvalue weighted by molar-refractivity contribution is 6.88. The van der Waals surface area contributed by atoms with Gasteiger partial charge in [0.1, 0.15) is 0 Å². The van der Waals surface area contributed by atoms with Gasteiger partial charge in [0.25, 0.3) is 0 Å². The molecule has 0 aromatic heterocycles. The first-order valence-electron chi connectivity index (χ1n) is 7.39. The summed E-state index contributed by atoms with van der Waals surface area (Å²) in [6.45, 7) is 7.46. The molecular formula is C14H28O3Si2. The molecule has 5 heteroatoms. The maximum Gasteiger partial charge on any atom is 0.340 e. The Morgan fingerprint density at radius 2 is 1.79 bits per heavy atom. The molecule has 0 radical (unpaired) electrons. The summed E-state index contributed by atoms with van der Waals surface area (Å²) in [5, 5.41) is 0. The van der Waals surface area contributed by atoms with Crippen molar-refractivity contribution in [1.82, 2.24) is 0 Å². The second kappa shape index (κ2) is 5.81. The molecule has 0 aromatic carbocycles. The van der Waals surface area contributed by atoms with E-state index in [0.717, 1.165) is 18.2 Å². The van der Waals surface area contributed by atoms with Gasteiger partial charge in [-0.25, -0.2) is 0 Å². The standard InChI is InChI=1S/C14H28O3Si2/c1-6-17-18(4,5)11-19(15-2,16-3)14-10-12-7-8-13(14)9-12/h7-8,12-14H,6,9-11H2,1-5H3. The van der Waals surface area contributed by atoms with Crippen LogP contribution in [-0.2, 0) is 13.3 Å². The van der Waals surface area contributed by atoms with Crippen LogP contribution in [0.5, 0.6) is 0 Å². The van der Waals surface area contributed by atoms with E-state index in [2.05, 4.69) is 32.2 Å². The van der Waals surface area contributed by atoms with Crippen molar-refractivity contribution in [3.8, 4) is 0 Å². The molecule has 0 saturated heterocycles. The third kappa shape index (κ3) is 3.05. The van der Waals surface area contributed by atoms with Gasteiger partial charge in [0.15, 0.2) is 8.32 Å². The fourth-order valence-electron chi connectivity index (χ4n) is 3.98. The van der Waals surface area contributed by atoms with Gasteiger partial charge in [0.2, 0.25) is 0 Å². The summed E-state index contributed by atoms with van der Waals surface area (Å²) in [6.07, 6.45) is 7.35. The summed E-state index contributed by atoms with van der Waals surface area (Å²) in [5.41, 5.74) is 1.66. The van der Waals surface area contributed by atoms with Crippen LogP contribution in [0.25, 0.3) is 0 Å². The molecule has 3 unspecified atom stereocenters. The number of hydrogen-bond acceptors (Lipinski definition) is 3. The number of rotatable bonds is 7. The maximum absolute atomic E-state index is 6.04. The van der Waals surface area contributed by atoms with E-state index in [-0.39, 0.29) is 0 Å². The zero-order valence-corrected chi connectivity index (χ0v) is 14.9. The lowest BCUT2D eigenvalue weighted by molar-refractivity contribution is 0.223. The predicted molar refractivity (Wildman–Crippen MR) is 82.8 cm³/mol. The Morgan fingerprint density at radius 3 is 2.21 bits per heavy atom. The largest absolute Gasteiger partial charge is 0.418 e. The molecule has 0 amide bonds. The van der Waals surface area contributed by atoms with Crippen molar-refractivity contribution >= 4 is 16.9 Å². The van der Waals surface area contributed by atoms with Crippen molar-refractivity contribution in [2.45, 2.75) is 44.1 Å². The minimum absolute atomic E-state index is 0.615. The summed E-state index contributed by atoms with van der Waals surface area (Å²) in [4.78, 5) is 0.